The van der Waals surface area contributed by atoms with Gasteiger partial charge in [-0.3, -0.25) is 9.59 Å². The summed E-state index contributed by atoms with van der Waals surface area (Å²) in [6, 6.07) is 10.8. The molecule has 0 saturated carbocycles. The standard InChI is InChI=1S/C31H37NO9/c1-30(2,3)41-29(35)32-19(14-24-27(33)39-31(4,5)40-28(24)34)12-17-11-18-13-25(37-7)26(38-8)16-22(18)23-15-20(36-6)9-10-21(17)23/h9-11,13,15-16,19,24H,12,14H2,1-8H3,(H,32,35)/t19-/m1/s1. The Morgan fingerprint density at radius 1 is 0.902 bits per heavy atom. The number of carbonyl (C=O) groups excluding carboxylic acids is 3. The molecule has 0 bridgehead atoms. The van der Waals surface area contributed by atoms with Gasteiger partial charge < -0.3 is 33.7 Å². The minimum atomic E-state index is -1.35. The van der Waals surface area contributed by atoms with Gasteiger partial charge in [0.05, 0.1) is 21.3 Å². The number of rotatable bonds is 8. The molecular formula is C31H37NO9. The quantitative estimate of drug-likeness (QED) is 0.220. The number of alkyl carbamates (subject to hydrolysis) is 1. The van der Waals surface area contributed by atoms with E-state index in [2.05, 4.69) is 5.32 Å². The van der Waals surface area contributed by atoms with Crippen molar-refractivity contribution in [2.24, 2.45) is 5.92 Å². The minimum Gasteiger partial charge on any atom is -0.497 e. The highest BCUT2D eigenvalue weighted by atomic mass is 16.7. The van der Waals surface area contributed by atoms with Crippen molar-refractivity contribution in [1.29, 1.82) is 0 Å². The van der Waals surface area contributed by atoms with Gasteiger partial charge in [0.25, 0.3) is 5.79 Å². The van der Waals surface area contributed by atoms with E-state index in [1.54, 1.807) is 42.1 Å². The molecule has 0 spiro atoms. The van der Waals surface area contributed by atoms with E-state index in [1.807, 2.05) is 36.4 Å². The van der Waals surface area contributed by atoms with Crippen molar-refractivity contribution in [1.82, 2.24) is 5.32 Å². The number of hydrogen-bond acceptors (Lipinski definition) is 9. The molecule has 220 valence electrons. The van der Waals surface area contributed by atoms with Crippen LogP contribution in [-0.4, -0.2) is 56.8 Å². The Balaban J connectivity index is 1.80. The molecular weight excluding hydrogens is 530 g/mol. The van der Waals surface area contributed by atoms with Gasteiger partial charge in [-0.05, 0) is 85.0 Å². The van der Waals surface area contributed by atoms with E-state index in [9.17, 15) is 14.4 Å². The maximum atomic E-state index is 12.9. The fourth-order valence-corrected chi connectivity index (χ4v) is 4.99. The minimum absolute atomic E-state index is 0.0470. The average molecular weight is 568 g/mol. The summed E-state index contributed by atoms with van der Waals surface area (Å²) in [6.45, 7) is 8.25. The molecule has 1 aliphatic heterocycles. The van der Waals surface area contributed by atoms with Crippen molar-refractivity contribution in [2.75, 3.05) is 21.3 Å². The van der Waals surface area contributed by atoms with Crippen LogP contribution in [0.25, 0.3) is 21.5 Å². The van der Waals surface area contributed by atoms with Crippen LogP contribution in [0.2, 0.25) is 0 Å². The molecule has 10 nitrogen and oxygen atoms in total. The molecule has 0 aromatic heterocycles. The lowest BCUT2D eigenvalue weighted by Crippen LogP contribution is -2.49. The van der Waals surface area contributed by atoms with E-state index in [0.29, 0.717) is 17.2 Å². The number of hydrogen-bond donors (Lipinski definition) is 1. The molecule has 10 heteroatoms. The number of ether oxygens (including phenoxy) is 6. The lowest BCUT2D eigenvalue weighted by atomic mass is 9.89. The normalized spacial score (nSPS) is 16.1. The number of benzene rings is 3. The van der Waals surface area contributed by atoms with Gasteiger partial charge in [0, 0.05) is 19.9 Å². The van der Waals surface area contributed by atoms with Crippen molar-refractivity contribution in [3.05, 3.63) is 42.0 Å². The third kappa shape index (κ3) is 6.75. The first-order valence-electron chi connectivity index (χ1n) is 13.3. The molecule has 1 amide bonds. The van der Waals surface area contributed by atoms with Gasteiger partial charge in [-0.15, -0.1) is 0 Å². The lowest BCUT2D eigenvalue weighted by molar-refractivity contribution is -0.240. The van der Waals surface area contributed by atoms with Crippen molar-refractivity contribution in [3.8, 4) is 17.2 Å². The summed E-state index contributed by atoms with van der Waals surface area (Å²) in [6.07, 6.45) is -0.444. The van der Waals surface area contributed by atoms with Crippen LogP contribution in [0, 0.1) is 5.92 Å². The molecule has 1 fully saturated rings. The van der Waals surface area contributed by atoms with Crippen molar-refractivity contribution in [2.45, 2.75) is 64.9 Å². The van der Waals surface area contributed by atoms with Crippen LogP contribution in [0.15, 0.2) is 36.4 Å². The second-order valence-electron chi connectivity index (χ2n) is 11.5. The number of esters is 2. The van der Waals surface area contributed by atoms with Gasteiger partial charge in [0.2, 0.25) is 0 Å². The number of fused-ring (bicyclic) bond motifs is 3. The Labute approximate surface area is 239 Å². The van der Waals surface area contributed by atoms with Crippen LogP contribution < -0.4 is 19.5 Å². The second kappa shape index (κ2) is 11.3. The molecule has 1 saturated heterocycles. The lowest BCUT2D eigenvalue weighted by Gasteiger charge is -2.34. The van der Waals surface area contributed by atoms with Gasteiger partial charge in [0.15, 0.2) is 17.4 Å². The SMILES string of the molecule is COc1ccc2c(C[C@H](CC3C(=O)OC(C)(C)OC3=O)NC(=O)OC(C)(C)C)cc3cc(OC)c(OC)cc3c2c1. The Hall–Kier alpha value is -4.21. The van der Waals surface area contributed by atoms with E-state index in [4.69, 9.17) is 28.4 Å². The van der Waals surface area contributed by atoms with Crippen LogP contribution >= 0.6 is 0 Å². The summed E-state index contributed by atoms with van der Waals surface area (Å²) in [5.41, 5.74) is 0.115. The van der Waals surface area contributed by atoms with Gasteiger partial charge in [-0.2, -0.15) is 0 Å². The molecule has 41 heavy (non-hydrogen) atoms. The van der Waals surface area contributed by atoms with Crippen LogP contribution in [0.5, 0.6) is 17.2 Å². The zero-order valence-electron chi connectivity index (χ0n) is 24.7. The molecule has 0 unspecified atom stereocenters. The summed E-state index contributed by atoms with van der Waals surface area (Å²) in [5.74, 6) is -2.15. The van der Waals surface area contributed by atoms with Crippen molar-refractivity contribution < 1.29 is 42.8 Å². The Kier molecular flexibility index (Phi) is 8.24. The summed E-state index contributed by atoms with van der Waals surface area (Å²) < 4.78 is 32.7. The number of amides is 1. The van der Waals surface area contributed by atoms with Crippen LogP contribution in [0.4, 0.5) is 4.79 Å². The highest BCUT2D eigenvalue weighted by molar-refractivity contribution is 6.10. The van der Waals surface area contributed by atoms with Gasteiger partial charge in [-0.25, -0.2) is 4.79 Å². The first kappa shape index (κ1) is 29.8. The number of cyclic esters (lactones) is 2. The Bertz CT molecular complexity index is 1470. The van der Waals surface area contributed by atoms with Crippen molar-refractivity contribution >= 4 is 39.6 Å². The predicted molar refractivity (Wildman–Crippen MR) is 152 cm³/mol. The summed E-state index contributed by atoms with van der Waals surface area (Å²) in [7, 11) is 4.75. The van der Waals surface area contributed by atoms with Gasteiger partial charge in [0.1, 0.15) is 11.4 Å². The number of nitrogens with one attached hydrogen (secondary N) is 1. The fourth-order valence-electron chi connectivity index (χ4n) is 4.99. The molecule has 1 N–H and O–H groups in total. The molecule has 1 heterocycles. The summed E-state index contributed by atoms with van der Waals surface area (Å²) in [4.78, 5) is 38.5. The van der Waals surface area contributed by atoms with Crippen LogP contribution in [0.1, 0.15) is 46.6 Å². The zero-order valence-corrected chi connectivity index (χ0v) is 24.7. The highest BCUT2D eigenvalue weighted by Crippen LogP contribution is 2.39. The molecule has 1 atom stereocenters. The molecule has 3 aromatic rings. The van der Waals surface area contributed by atoms with Gasteiger partial charge in [-0.1, -0.05) is 12.1 Å². The summed E-state index contributed by atoms with van der Waals surface area (Å²) in [5, 5.41) is 6.44. The topological polar surface area (TPSA) is 119 Å². The highest BCUT2D eigenvalue weighted by Gasteiger charge is 2.44. The molecule has 0 radical (unpaired) electrons. The number of methoxy groups -OCH3 is 3. The van der Waals surface area contributed by atoms with E-state index in [1.165, 1.54) is 13.8 Å². The van der Waals surface area contributed by atoms with Gasteiger partial charge >= 0.3 is 18.0 Å². The maximum Gasteiger partial charge on any atom is 0.407 e. The fraction of sp³-hybridized carbons (Fsp3) is 0.452. The smallest absolute Gasteiger partial charge is 0.407 e. The van der Waals surface area contributed by atoms with E-state index >= 15 is 0 Å². The molecule has 1 aliphatic rings. The first-order valence-corrected chi connectivity index (χ1v) is 13.3. The average Bonchev–Trinajstić information content (AvgIpc) is 2.87. The monoisotopic (exact) mass is 567 g/mol. The van der Waals surface area contributed by atoms with Crippen molar-refractivity contribution in [3.63, 3.8) is 0 Å². The van der Waals surface area contributed by atoms with Crippen LogP contribution in [0.3, 0.4) is 0 Å². The Morgan fingerprint density at radius 2 is 1.54 bits per heavy atom. The van der Waals surface area contributed by atoms with E-state index in [-0.39, 0.29) is 12.8 Å². The van der Waals surface area contributed by atoms with E-state index < -0.39 is 41.4 Å². The van der Waals surface area contributed by atoms with E-state index in [0.717, 1.165) is 27.1 Å². The first-order chi connectivity index (χ1) is 19.2. The molecule has 3 aromatic carbocycles. The zero-order chi connectivity index (χ0) is 30.1. The third-order valence-corrected chi connectivity index (χ3v) is 6.72. The largest absolute Gasteiger partial charge is 0.497 e. The maximum absolute atomic E-state index is 12.9. The predicted octanol–water partition coefficient (Wildman–Crippen LogP) is 5.30. The Morgan fingerprint density at radius 3 is 2.12 bits per heavy atom. The second-order valence-corrected chi connectivity index (χ2v) is 11.5. The third-order valence-electron chi connectivity index (χ3n) is 6.72. The summed E-state index contributed by atoms with van der Waals surface area (Å²) >= 11 is 0. The molecule has 0 aliphatic carbocycles. The number of carbonyl (C=O) groups is 3. The molecule has 4 rings (SSSR count). The van der Waals surface area contributed by atoms with Crippen LogP contribution in [-0.2, 0) is 30.2 Å².